The van der Waals surface area contributed by atoms with Crippen LogP contribution in [0.4, 0.5) is 11.4 Å². The van der Waals surface area contributed by atoms with Crippen LogP contribution < -0.4 is 20.7 Å². The normalized spacial score (nSPS) is 13.8. The molecule has 1 aromatic rings. The van der Waals surface area contributed by atoms with Crippen LogP contribution in [0.3, 0.4) is 0 Å². The van der Waals surface area contributed by atoms with E-state index in [0.29, 0.717) is 30.4 Å². The van der Waals surface area contributed by atoms with Crippen LogP contribution >= 0.6 is 12.4 Å². The van der Waals surface area contributed by atoms with E-state index in [1.54, 1.807) is 13.2 Å². The van der Waals surface area contributed by atoms with Crippen LogP contribution in [-0.4, -0.2) is 54.7 Å². The van der Waals surface area contributed by atoms with Gasteiger partial charge in [-0.15, -0.1) is 12.4 Å². The lowest BCUT2D eigenvalue weighted by atomic mass is 10.2. The molecular formula is C16H27ClN4O4S. The Balaban J connectivity index is 0.00000338. The lowest BCUT2D eigenvalue weighted by molar-refractivity contribution is -0.115. The Labute approximate surface area is 160 Å². The maximum atomic E-state index is 12.1. The Hall–Kier alpha value is -1.39. The Bertz CT molecular complexity index is 695. The SMILES string of the molecule is CNS(=O)(=O)c1ccc(NCCOC)c(NC(=O)CNCC2CC2)c1.Cl. The molecule has 4 N–H and O–H groups in total. The summed E-state index contributed by atoms with van der Waals surface area (Å²) in [5.41, 5.74) is 1.06. The van der Waals surface area contributed by atoms with E-state index in [4.69, 9.17) is 4.74 Å². The molecule has 0 spiro atoms. The van der Waals surface area contributed by atoms with Crippen molar-refractivity contribution in [3.8, 4) is 0 Å². The zero-order valence-electron chi connectivity index (χ0n) is 15.0. The second kappa shape index (κ2) is 10.7. The summed E-state index contributed by atoms with van der Waals surface area (Å²) in [6, 6.07) is 4.56. The Morgan fingerprint density at radius 3 is 2.62 bits per heavy atom. The molecule has 0 radical (unpaired) electrons. The second-order valence-electron chi connectivity index (χ2n) is 5.96. The van der Waals surface area contributed by atoms with Gasteiger partial charge < -0.3 is 20.7 Å². The maximum absolute atomic E-state index is 12.1. The molecule has 0 atom stereocenters. The van der Waals surface area contributed by atoms with Crippen LogP contribution in [-0.2, 0) is 19.6 Å². The van der Waals surface area contributed by atoms with Crippen molar-refractivity contribution in [1.29, 1.82) is 0 Å². The highest BCUT2D eigenvalue weighted by Crippen LogP contribution is 2.27. The zero-order valence-corrected chi connectivity index (χ0v) is 16.6. The zero-order chi connectivity index (χ0) is 18.3. The smallest absolute Gasteiger partial charge is 0.240 e. The van der Waals surface area contributed by atoms with Gasteiger partial charge in [0, 0.05) is 13.7 Å². The van der Waals surface area contributed by atoms with Crippen molar-refractivity contribution in [2.24, 2.45) is 5.92 Å². The van der Waals surface area contributed by atoms with E-state index in [2.05, 4.69) is 20.7 Å². The van der Waals surface area contributed by atoms with Crippen molar-refractivity contribution in [2.45, 2.75) is 17.7 Å². The van der Waals surface area contributed by atoms with Crippen LogP contribution in [0.5, 0.6) is 0 Å². The van der Waals surface area contributed by atoms with Gasteiger partial charge in [0.2, 0.25) is 15.9 Å². The van der Waals surface area contributed by atoms with Gasteiger partial charge in [-0.3, -0.25) is 4.79 Å². The molecule has 0 aromatic heterocycles. The Kier molecular flexibility index (Phi) is 9.31. The summed E-state index contributed by atoms with van der Waals surface area (Å²) >= 11 is 0. The minimum atomic E-state index is -3.59. The number of sulfonamides is 1. The van der Waals surface area contributed by atoms with E-state index >= 15 is 0 Å². The van der Waals surface area contributed by atoms with Crippen molar-refractivity contribution in [1.82, 2.24) is 10.0 Å². The first-order chi connectivity index (χ1) is 12.0. The van der Waals surface area contributed by atoms with Gasteiger partial charge in [0.15, 0.2) is 0 Å². The number of hydrogen-bond acceptors (Lipinski definition) is 6. The van der Waals surface area contributed by atoms with Crippen LogP contribution in [0.25, 0.3) is 0 Å². The predicted molar refractivity (Wildman–Crippen MR) is 105 cm³/mol. The lowest BCUT2D eigenvalue weighted by Crippen LogP contribution is -2.30. The van der Waals surface area contributed by atoms with Crippen LogP contribution in [0.2, 0.25) is 0 Å². The topological polar surface area (TPSA) is 109 Å². The summed E-state index contributed by atoms with van der Waals surface area (Å²) in [5.74, 6) is 0.470. The summed E-state index contributed by atoms with van der Waals surface area (Å²) in [4.78, 5) is 12.2. The third kappa shape index (κ3) is 7.08. The first kappa shape index (κ1) is 22.7. The monoisotopic (exact) mass is 406 g/mol. The summed E-state index contributed by atoms with van der Waals surface area (Å²) in [6.07, 6.45) is 2.43. The minimum Gasteiger partial charge on any atom is -0.383 e. The largest absolute Gasteiger partial charge is 0.383 e. The number of methoxy groups -OCH3 is 1. The van der Waals surface area contributed by atoms with Gasteiger partial charge in [0.05, 0.1) is 29.4 Å². The molecule has 148 valence electrons. The number of amides is 1. The molecule has 1 amide bonds. The van der Waals surface area contributed by atoms with E-state index in [1.807, 2.05) is 0 Å². The summed E-state index contributed by atoms with van der Waals surface area (Å²) < 4.78 is 31.2. The molecule has 0 heterocycles. The van der Waals surface area contributed by atoms with E-state index < -0.39 is 10.0 Å². The van der Waals surface area contributed by atoms with E-state index in [0.717, 1.165) is 6.54 Å². The number of nitrogens with one attached hydrogen (secondary N) is 4. The number of halogens is 1. The fourth-order valence-electron chi connectivity index (χ4n) is 2.26. The third-order valence-corrected chi connectivity index (χ3v) is 5.29. The van der Waals surface area contributed by atoms with Gasteiger partial charge in [-0.25, -0.2) is 13.1 Å². The summed E-state index contributed by atoms with van der Waals surface area (Å²) in [6.45, 7) is 2.06. The fourth-order valence-corrected chi connectivity index (χ4v) is 3.02. The predicted octanol–water partition coefficient (Wildman–Crippen LogP) is 1.01. The van der Waals surface area contributed by atoms with Gasteiger partial charge >= 0.3 is 0 Å². The molecule has 2 rings (SSSR count). The molecule has 26 heavy (non-hydrogen) atoms. The quantitative estimate of drug-likeness (QED) is 0.408. The Morgan fingerprint density at radius 1 is 1.27 bits per heavy atom. The highest BCUT2D eigenvalue weighted by molar-refractivity contribution is 7.89. The number of benzene rings is 1. The summed E-state index contributed by atoms with van der Waals surface area (Å²) in [5, 5.41) is 9.01. The summed E-state index contributed by atoms with van der Waals surface area (Å²) in [7, 11) is -0.645. The minimum absolute atomic E-state index is 0. The van der Waals surface area contributed by atoms with E-state index in [1.165, 1.54) is 32.0 Å². The van der Waals surface area contributed by atoms with Crippen LogP contribution in [0.1, 0.15) is 12.8 Å². The Morgan fingerprint density at radius 2 is 2.00 bits per heavy atom. The molecule has 1 aromatic carbocycles. The number of rotatable bonds is 11. The number of carbonyl (C=O) groups is 1. The van der Waals surface area contributed by atoms with Crippen molar-refractivity contribution in [3.63, 3.8) is 0 Å². The fraction of sp³-hybridized carbons (Fsp3) is 0.562. The molecular weight excluding hydrogens is 380 g/mol. The molecule has 10 heteroatoms. The molecule has 1 fully saturated rings. The average Bonchev–Trinajstić information content (AvgIpc) is 3.40. The molecule has 1 aliphatic rings. The van der Waals surface area contributed by atoms with Crippen molar-refractivity contribution in [2.75, 3.05) is 51.0 Å². The molecule has 0 unspecified atom stereocenters. The van der Waals surface area contributed by atoms with Crippen LogP contribution in [0, 0.1) is 5.92 Å². The number of ether oxygens (including phenoxy) is 1. The first-order valence-corrected chi connectivity index (χ1v) is 9.75. The van der Waals surface area contributed by atoms with Gasteiger partial charge in [-0.1, -0.05) is 0 Å². The van der Waals surface area contributed by atoms with Gasteiger partial charge in [0.1, 0.15) is 0 Å². The van der Waals surface area contributed by atoms with Crippen molar-refractivity contribution < 1.29 is 17.9 Å². The average molecular weight is 407 g/mol. The molecule has 0 aliphatic heterocycles. The molecule has 0 saturated heterocycles. The van der Waals surface area contributed by atoms with Gasteiger partial charge in [-0.05, 0) is 50.6 Å². The lowest BCUT2D eigenvalue weighted by Gasteiger charge is -2.15. The third-order valence-electron chi connectivity index (χ3n) is 3.88. The van der Waals surface area contributed by atoms with Gasteiger partial charge in [-0.2, -0.15) is 0 Å². The standard InChI is InChI=1S/C16H26N4O4S.ClH/c1-17-25(22,23)13-5-6-14(19-7-8-24-2)15(9-13)20-16(21)11-18-10-12-3-4-12;/h5-6,9,12,17-19H,3-4,7-8,10-11H2,1-2H3,(H,20,21);1H. The highest BCUT2D eigenvalue weighted by atomic mass is 35.5. The molecule has 1 aliphatic carbocycles. The van der Waals surface area contributed by atoms with Crippen LogP contribution in [0.15, 0.2) is 23.1 Å². The molecule has 8 nitrogen and oxygen atoms in total. The molecule has 0 bridgehead atoms. The van der Waals surface area contributed by atoms with Gasteiger partial charge in [0.25, 0.3) is 0 Å². The first-order valence-electron chi connectivity index (χ1n) is 8.27. The number of hydrogen-bond donors (Lipinski definition) is 4. The van der Waals surface area contributed by atoms with E-state index in [9.17, 15) is 13.2 Å². The number of carbonyl (C=O) groups excluding carboxylic acids is 1. The van der Waals surface area contributed by atoms with Crippen molar-refractivity contribution in [3.05, 3.63) is 18.2 Å². The maximum Gasteiger partial charge on any atom is 0.240 e. The number of anilines is 2. The molecule has 1 saturated carbocycles. The highest BCUT2D eigenvalue weighted by Gasteiger charge is 2.21. The van der Waals surface area contributed by atoms with Crippen molar-refractivity contribution >= 4 is 39.7 Å². The van der Waals surface area contributed by atoms with E-state index in [-0.39, 0.29) is 29.8 Å². The second-order valence-corrected chi connectivity index (χ2v) is 7.84.